The standard InChI is InChI=1S/C18H26F3N3O3Si/c1-26-15-10-13(5-6-22-15)9-14-11-24(12-27-7-8-28(2,3)4)17(23-14)16(25)18(19,20)21/h5-6,10-11,16,25H,7-9,12H2,1-4H3. The number of methoxy groups -OCH3 is 1. The van der Waals surface area contributed by atoms with Crippen LogP contribution in [0.5, 0.6) is 5.88 Å². The van der Waals surface area contributed by atoms with Crippen LogP contribution < -0.4 is 4.74 Å². The number of aliphatic hydroxyl groups excluding tert-OH is 1. The molecule has 0 saturated carbocycles. The van der Waals surface area contributed by atoms with Gasteiger partial charge in [0.05, 0.1) is 12.8 Å². The Kier molecular flexibility index (Phi) is 7.24. The van der Waals surface area contributed by atoms with Gasteiger partial charge in [-0.25, -0.2) is 9.97 Å². The van der Waals surface area contributed by atoms with Crippen LogP contribution >= 0.6 is 0 Å². The number of imidazole rings is 1. The van der Waals surface area contributed by atoms with E-state index in [2.05, 4.69) is 29.6 Å². The minimum absolute atomic E-state index is 0.0976. The van der Waals surface area contributed by atoms with Gasteiger partial charge in [0.1, 0.15) is 12.6 Å². The second kappa shape index (κ2) is 9.06. The third-order valence-corrected chi connectivity index (χ3v) is 5.74. The monoisotopic (exact) mass is 417 g/mol. The number of aromatic nitrogens is 3. The number of hydrogen-bond donors (Lipinski definition) is 1. The summed E-state index contributed by atoms with van der Waals surface area (Å²) in [5.74, 6) is -0.0707. The first-order valence-corrected chi connectivity index (χ1v) is 12.6. The van der Waals surface area contributed by atoms with Gasteiger partial charge in [-0.15, -0.1) is 0 Å². The summed E-state index contributed by atoms with van der Waals surface area (Å²) in [6, 6.07) is 4.30. The molecule has 2 aromatic heterocycles. The predicted octanol–water partition coefficient (Wildman–Crippen LogP) is 3.79. The molecule has 0 aliphatic heterocycles. The summed E-state index contributed by atoms with van der Waals surface area (Å²) in [6.45, 7) is 6.92. The van der Waals surface area contributed by atoms with Crippen LogP contribution in [0.3, 0.4) is 0 Å². The molecule has 2 aromatic rings. The van der Waals surface area contributed by atoms with Crippen LogP contribution in [0.15, 0.2) is 24.5 Å². The Bertz CT molecular complexity index is 775. The SMILES string of the molecule is COc1cc(Cc2cn(COCC[Si](C)(C)C)c(C(O)C(F)(F)F)n2)ccn1. The molecule has 2 heterocycles. The molecular weight excluding hydrogens is 391 g/mol. The fourth-order valence-corrected chi connectivity index (χ4v) is 3.22. The minimum atomic E-state index is -4.81. The molecule has 0 saturated heterocycles. The fourth-order valence-electron chi connectivity index (χ4n) is 2.46. The molecule has 156 valence electrons. The van der Waals surface area contributed by atoms with E-state index in [1.54, 1.807) is 18.3 Å². The molecule has 0 amide bonds. The van der Waals surface area contributed by atoms with Gasteiger partial charge in [0.15, 0.2) is 0 Å². The zero-order valence-electron chi connectivity index (χ0n) is 16.5. The summed E-state index contributed by atoms with van der Waals surface area (Å²) >= 11 is 0. The maximum atomic E-state index is 13.0. The Morgan fingerprint density at radius 1 is 1.29 bits per heavy atom. The van der Waals surface area contributed by atoms with Crippen LogP contribution in [0.1, 0.15) is 23.2 Å². The summed E-state index contributed by atoms with van der Waals surface area (Å²) in [4.78, 5) is 8.01. The topological polar surface area (TPSA) is 69.4 Å². The van der Waals surface area contributed by atoms with E-state index in [9.17, 15) is 18.3 Å². The molecule has 2 rings (SSSR count). The third kappa shape index (κ3) is 6.61. The summed E-state index contributed by atoms with van der Waals surface area (Å²) in [6.07, 6.45) is -4.17. The number of hydrogen-bond acceptors (Lipinski definition) is 5. The lowest BCUT2D eigenvalue weighted by Crippen LogP contribution is -2.25. The zero-order chi connectivity index (χ0) is 20.9. The van der Waals surface area contributed by atoms with Crippen molar-refractivity contribution in [3.63, 3.8) is 0 Å². The van der Waals surface area contributed by atoms with Crippen LogP contribution in [0, 0.1) is 0 Å². The van der Waals surface area contributed by atoms with E-state index in [-0.39, 0.29) is 13.2 Å². The number of pyridine rings is 1. The van der Waals surface area contributed by atoms with E-state index < -0.39 is 26.2 Å². The van der Waals surface area contributed by atoms with Crippen LogP contribution in [-0.4, -0.2) is 47.6 Å². The van der Waals surface area contributed by atoms with E-state index >= 15 is 0 Å². The van der Waals surface area contributed by atoms with Gasteiger partial charge < -0.3 is 19.1 Å². The smallest absolute Gasteiger partial charge is 0.421 e. The fraction of sp³-hybridized carbons (Fsp3) is 0.556. The highest BCUT2D eigenvalue weighted by Crippen LogP contribution is 2.32. The van der Waals surface area contributed by atoms with Crippen LogP contribution in [-0.2, 0) is 17.9 Å². The van der Waals surface area contributed by atoms with Gasteiger partial charge in [-0.3, -0.25) is 0 Å². The Morgan fingerprint density at radius 2 is 2.00 bits per heavy atom. The zero-order valence-corrected chi connectivity index (χ0v) is 17.5. The van der Waals surface area contributed by atoms with E-state index in [4.69, 9.17) is 9.47 Å². The molecule has 6 nitrogen and oxygen atoms in total. The number of ether oxygens (including phenoxy) is 2. The molecule has 1 atom stereocenters. The highest BCUT2D eigenvalue weighted by Gasteiger charge is 2.42. The van der Waals surface area contributed by atoms with Crippen LogP contribution in [0.25, 0.3) is 0 Å². The first-order valence-electron chi connectivity index (χ1n) is 8.87. The Morgan fingerprint density at radius 3 is 2.61 bits per heavy atom. The van der Waals surface area contributed by atoms with Crippen molar-refractivity contribution in [2.75, 3.05) is 13.7 Å². The molecule has 1 N–H and O–H groups in total. The first-order chi connectivity index (χ1) is 13.0. The average Bonchev–Trinajstić information content (AvgIpc) is 2.99. The second-order valence-electron chi connectivity index (χ2n) is 7.74. The molecular formula is C18H26F3N3O3Si. The highest BCUT2D eigenvalue weighted by atomic mass is 28.3. The van der Waals surface area contributed by atoms with Crippen molar-refractivity contribution in [1.29, 1.82) is 0 Å². The molecule has 1 unspecified atom stereocenters. The molecule has 0 spiro atoms. The summed E-state index contributed by atoms with van der Waals surface area (Å²) in [5, 5.41) is 9.70. The summed E-state index contributed by atoms with van der Waals surface area (Å²) < 4.78 is 50.9. The van der Waals surface area contributed by atoms with Gasteiger partial charge in [0.2, 0.25) is 12.0 Å². The van der Waals surface area contributed by atoms with Gasteiger partial charge in [0.25, 0.3) is 0 Å². The number of aliphatic hydroxyl groups is 1. The van der Waals surface area contributed by atoms with Crippen molar-refractivity contribution in [3.8, 4) is 5.88 Å². The van der Waals surface area contributed by atoms with Gasteiger partial charge >= 0.3 is 6.18 Å². The summed E-state index contributed by atoms with van der Waals surface area (Å²) in [7, 11) is 0.170. The lowest BCUT2D eigenvalue weighted by Gasteiger charge is -2.18. The van der Waals surface area contributed by atoms with Gasteiger partial charge in [-0.05, 0) is 17.7 Å². The summed E-state index contributed by atoms with van der Waals surface area (Å²) in [5.41, 5.74) is 1.17. The van der Waals surface area contributed by atoms with Crippen molar-refractivity contribution in [2.45, 2.75) is 51.1 Å². The van der Waals surface area contributed by atoms with Crippen LogP contribution in [0.4, 0.5) is 13.2 Å². The molecule has 0 aromatic carbocycles. The normalized spacial score (nSPS) is 13.6. The van der Waals surface area contributed by atoms with Crippen molar-refractivity contribution in [3.05, 3.63) is 41.6 Å². The lowest BCUT2D eigenvalue weighted by molar-refractivity contribution is -0.210. The maximum absolute atomic E-state index is 13.0. The number of rotatable bonds is 9. The van der Waals surface area contributed by atoms with Crippen molar-refractivity contribution < 1.29 is 27.8 Å². The van der Waals surface area contributed by atoms with Gasteiger partial charge in [0, 0.05) is 39.6 Å². The molecule has 0 radical (unpaired) electrons. The Labute approximate surface area is 163 Å². The van der Waals surface area contributed by atoms with E-state index in [1.165, 1.54) is 17.9 Å². The Balaban J connectivity index is 2.19. The molecule has 10 heteroatoms. The van der Waals surface area contributed by atoms with Gasteiger partial charge in [-0.1, -0.05) is 19.6 Å². The number of alkyl halides is 3. The quantitative estimate of drug-likeness (QED) is 0.497. The molecule has 28 heavy (non-hydrogen) atoms. The molecule has 0 bridgehead atoms. The molecule has 0 aliphatic rings. The van der Waals surface area contributed by atoms with Crippen LogP contribution in [0.2, 0.25) is 25.7 Å². The third-order valence-electron chi connectivity index (χ3n) is 4.03. The van der Waals surface area contributed by atoms with Crippen molar-refractivity contribution in [1.82, 2.24) is 14.5 Å². The van der Waals surface area contributed by atoms with E-state index in [1.807, 2.05) is 0 Å². The van der Waals surface area contributed by atoms with Crippen molar-refractivity contribution >= 4 is 8.07 Å². The predicted molar refractivity (Wildman–Crippen MR) is 101 cm³/mol. The highest BCUT2D eigenvalue weighted by molar-refractivity contribution is 6.76. The van der Waals surface area contributed by atoms with E-state index in [0.29, 0.717) is 18.2 Å². The first kappa shape index (κ1) is 22.4. The molecule has 0 fully saturated rings. The number of nitrogens with zero attached hydrogens (tertiary/aromatic N) is 3. The lowest BCUT2D eigenvalue weighted by atomic mass is 10.1. The largest absolute Gasteiger partial charge is 0.481 e. The average molecular weight is 418 g/mol. The minimum Gasteiger partial charge on any atom is -0.481 e. The molecule has 0 aliphatic carbocycles. The van der Waals surface area contributed by atoms with Crippen molar-refractivity contribution in [2.24, 2.45) is 0 Å². The maximum Gasteiger partial charge on any atom is 0.421 e. The Hall–Kier alpha value is -1.91. The van der Waals surface area contributed by atoms with E-state index in [0.717, 1.165) is 11.6 Å². The number of halogens is 3. The second-order valence-corrected chi connectivity index (χ2v) is 13.4. The van der Waals surface area contributed by atoms with Gasteiger partial charge in [-0.2, -0.15) is 13.2 Å².